The van der Waals surface area contributed by atoms with E-state index in [4.69, 9.17) is 0 Å². The zero-order chi connectivity index (χ0) is 19.2. The summed E-state index contributed by atoms with van der Waals surface area (Å²) in [5, 5.41) is 9.79. The van der Waals surface area contributed by atoms with Crippen molar-refractivity contribution in [2.24, 2.45) is 7.05 Å². The lowest BCUT2D eigenvalue weighted by Gasteiger charge is -2.36. The molecule has 0 bridgehead atoms. The predicted octanol–water partition coefficient (Wildman–Crippen LogP) is 0.989. The maximum atomic E-state index is 12.5. The summed E-state index contributed by atoms with van der Waals surface area (Å²) in [5.41, 5.74) is 1.94. The number of carbonyl (C=O) groups is 2. The number of nitrogens with zero attached hydrogens (tertiary/aromatic N) is 4. The van der Waals surface area contributed by atoms with Crippen molar-refractivity contribution in [2.45, 2.75) is 6.04 Å². The van der Waals surface area contributed by atoms with Crippen LogP contribution in [0.2, 0.25) is 0 Å². The van der Waals surface area contributed by atoms with Gasteiger partial charge in [0, 0.05) is 50.7 Å². The van der Waals surface area contributed by atoms with E-state index in [0.29, 0.717) is 13.1 Å². The largest absolute Gasteiger partial charge is 0.368 e. The first-order valence-electron chi connectivity index (χ1n) is 9.10. The van der Waals surface area contributed by atoms with Crippen molar-refractivity contribution in [1.82, 2.24) is 25.3 Å². The van der Waals surface area contributed by atoms with Gasteiger partial charge in [-0.3, -0.25) is 14.3 Å². The molecule has 10 heteroatoms. The number of nitrogens with one attached hydrogen (secondary N) is 2. The predicted molar refractivity (Wildman–Crippen MR) is 118 cm³/mol. The van der Waals surface area contributed by atoms with Crippen molar-refractivity contribution in [1.29, 1.82) is 0 Å². The van der Waals surface area contributed by atoms with Crippen LogP contribution in [0, 0.1) is 0 Å². The average molecular weight is 443 g/mol. The van der Waals surface area contributed by atoms with Crippen molar-refractivity contribution in [3.05, 3.63) is 48.3 Å². The Balaban J connectivity index is 0.00000210. The Morgan fingerprint density at radius 3 is 2.31 bits per heavy atom. The van der Waals surface area contributed by atoms with Gasteiger partial charge in [-0.2, -0.15) is 5.10 Å². The molecule has 1 aromatic heterocycles. The minimum absolute atomic E-state index is 0. The quantitative estimate of drug-likeness (QED) is 0.696. The SMILES string of the molecule is CNC(C(=O)NCC(=O)N1CCN(c2ccccc2)CC1)c1cnn(C)c1.Cl.Cl. The van der Waals surface area contributed by atoms with Gasteiger partial charge < -0.3 is 20.4 Å². The lowest BCUT2D eigenvalue weighted by atomic mass is 10.1. The van der Waals surface area contributed by atoms with Gasteiger partial charge >= 0.3 is 0 Å². The number of amides is 2. The number of likely N-dealkylation sites (N-methyl/N-ethyl adjacent to an activating group) is 1. The number of para-hydroxylation sites is 1. The van der Waals surface area contributed by atoms with Gasteiger partial charge in [-0.25, -0.2) is 0 Å². The Hall–Kier alpha value is -2.29. The zero-order valence-corrected chi connectivity index (χ0v) is 18.2. The van der Waals surface area contributed by atoms with Crippen molar-refractivity contribution in [3.63, 3.8) is 0 Å². The van der Waals surface area contributed by atoms with E-state index in [9.17, 15) is 9.59 Å². The molecule has 2 amide bonds. The molecule has 8 nitrogen and oxygen atoms in total. The molecule has 29 heavy (non-hydrogen) atoms. The molecule has 1 aliphatic rings. The number of halogens is 2. The monoisotopic (exact) mass is 442 g/mol. The first-order valence-corrected chi connectivity index (χ1v) is 9.10. The second kappa shape index (κ2) is 11.6. The summed E-state index contributed by atoms with van der Waals surface area (Å²) < 4.78 is 1.64. The summed E-state index contributed by atoms with van der Waals surface area (Å²) in [6, 6.07) is 9.66. The maximum Gasteiger partial charge on any atom is 0.242 e. The summed E-state index contributed by atoms with van der Waals surface area (Å²) in [4.78, 5) is 28.9. The number of anilines is 1. The van der Waals surface area contributed by atoms with E-state index in [1.165, 1.54) is 5.69 Å². The van der Waals surface area contributed by atoms with Crippen molar-refractivity contribution in [3.8, 4) is 0 Å². The van der Waals surface area contributed by atoms with Crippen molar-refractivity contribution < 1.29 is 9.59 Å². The third kappa shape index (κ3) is 6.35. The third-order valence-electron chi connectivity index (χ3n) is 4.78. The fourth-order valence-electron chi connectivity index (χ4n) is 3.27. The second-order valence-electron chi connectivity index (χ2n) is 6.59. The summed E-state index contributed by atoms with van der Waals surface area (Å²) in [6.45, 7) is 2.89. The molecular weight excluding hydrogens is 415 g/mol. The van der Waals surface area contributed by atoms with Crippen LogP contribution in [0.5, 0.6) is 0 Å². The van der Waals surface area contributed by atoms with Crippen LogP contribution in [0.3, 0.4) is 0 Å². The molecule has 2 aromatic rings. The number of hydrogen-bond acceptors (Lipinski definition) is 5. The number of carbonyl (C=O) groups excluding carboxylic acids is 2. The number of hydrogen-bond donors (Lipinski definition) is 2. The van der Waals surface area contributed by atoms with Crippen LogP contribution >= 0.6 is 24.8 Å². The maximum absolute atomic E-state index is 12.5. The highest BCUT2D eigenvalue weighted by Crippen LogP contribution is 2.15. The van der Waals surface area contributed by atoms with Crippen molar-refractivity contribution >= 4 is 42.3 Å². The summed E-state index contributed by atoms with van der Waals surface area (Å²) in [7, 11) is 3.51. The van der Waals surface area contributed by atoms with Gasteiger partial charge in [-0.1, -0.05) is 18.2 Å². The fraction of sp³-hybridized carbons (Fsp3) is 0.421. The van der Waals surface area contributed by atoms with Crippen LogP contribution < -0.4 is 15.5 Å². The van der Waals surface area contributed by atoms with Gasteiger partial charge in [0.2, 0.25) is 11.8 Å². The number of piperazine rings is 1. The Morgan fingerprint density at radius 1 is 1.10 bits per heavy atom. The summed E-state index contributed by atoms with van der Waals surface area (Å²) in [5.74, 6) is -0.293. The van der Waals surface area contributed by atoms with Crippen LogP contribution in [0.4, 0.5) is 5.69 Å². The molecule has 3 rings (SSSR count). The zero-order valence-electron chi connectivity index (χ0n) is 16.6. The minimum Gasteiger partial charge on any atom is -0.368 e. The lowest BCUT2D eigenvalue weighted by molar-refractivity contribution is -0.133. The highest BCUT2D eigenvalue weighted by molar-refractivity contribution is 5.88. The molecule has 1 aliphatic heterocycles. The molecule has 0 aliphatic carbocycles. The first kappa shape index (κ1) is 24.7. The van der Waals surface area contributed by atoms with E-state index in [2.05, 4.69) is 32.8 Å². The molecule has 1 atom stereocenters. The van der Waals surface area contributed by atoms with E-state index >= 15 is 0 Å². The van der Waals surface area contributed by atoms with Crippen LogP contribution in [0.25, 0.3) is 0 Å². The highest BCUT2D eigenvalue weighted by Gasteiger charge is 2.24. The molecule has 0 spiro atoms. The van der Waals surface area contributed by atoms with E-state index in [0.717, 1.165) is 18.7 Å². The number of aromatic nitrogens is 2. The topological polar surface area (TPSA) is 82.5 Å². The van der Waals surface area contributed by atoms with E-state index in [1.807, 2.05) is 18.2 Å². The lowest BCUT2D eigenvalue weighted by Crippen LogP contribution is -2.51. The van der Waals surface area contributed by atoms with Crippen LogP contribution in [-0.4, -0.2) is 66.3 Å². The Kier molecular flexibility index (Phi) is 9.94. The average Bonchev–Trinajstić information content (AvgIpc) is 3.13. The molecule has 1 unspecified atom stereocenters. The smallest absolute Gasteiger partial charge is 0.242 e. The molecule has 2 N–H and O–H groups in total. The molecule has 0 saturated carbocycles. The standard InChI is InChI=1S/C19H26N6O2.2ClH/c1-20-18(15-12-22-23(2)14-15)19(27)21-13-17(26)25-10-8-24(9-11-25)16-6-4-3-5-7-16;;/h3-7,12,14,18,20H,8-11,13H2,1-2H3,(H,21,27);2*1H. The van der Waals surface area contributed by atoms with Crippen LogP contribution in [-0.2, 0) is 16.6 Å². The molecule has 1 fully saturated rings. The third-order valence-corrected chi connectivity index (χ3v) is 4.78. The van der Waals surface area contributed by atoms with Gasteiger partial charge in [-0.15, -0.1) is 24.8 Å². The molecule has 1 aromatic carbocycles. The Morgan fingerprint density at radius 2 is 1.76 bits per heavy atom. The molecule has 2 heterocycles. The minimum atomic E-state index is -0.526. The fourth-order valence-corrected chi connectivity index (χ4v) is 3.27. The highest BCUT2D eigenvalue weighted by atomic mass is 35.5. The van der Waals surface area contributed by atoms with Crippen LogP contribution in [0.15, 0.2) is 42.7 Å². The van der Waals surface area contributed by atoms with E-state index < -0.39 is 6.04 Å². The molecule has 1 saturated heterocycles. The summed E-state index contributed by atoms with van der Waals surface area (Å²) >= 11 is 0. The van der Waals surface area contributed by atoms with E-state index in [-0.39, 0.29) is 43.2 Å². The number of benzene rings is 1. The summed E-state index contributed by atoms with van der Waals surface area (Å²) in [6.07, 6.45) is 3.43. The number of rotatable bonds is 6. The van der Waals surface area contributed by atoms with Gasteiger partial charge in [0.25, 0.3) is 0 Å². The van der Waals surface area contributed by atoms with Gasteiger partial charge in [0.1, 0.15) is 6.04 Å². The Labute approximate surface area is 183 Å². The van der Waals surface area contributed by atoms with Gasteiger partial charge in [0.15, 0.2) is 0 Å². The van der Waals surface area contributed by atoms with Gasteiger partial charge in [-0.05, 0) is 19.2 Å². The van der Waals surface area contributed by atoms with Gasteiger partial charge in [0.05, 0.1) is 12.7 Å². The molecule has 0 radical (unpaired) electrons. The first-order chi connectivity index (χ1) is 13.1. The second-order valence-corrected chi connectivity index (χ2v) is 6.59. The van der Waals surface area contributed by atoms with Crippen molar-refractivity contribution in [2.75, 3.05) is 44.7 Å². The number of aryl methyl sites for hydroxylation is 1. The molecule has 160 valence electrons. The molecular formula is C19H28Cl2N6O2. The van der Waals surface area contributed by atoms with E-state index in [1.54, 1.807) is 36.1 Å². The Bertz CT molecular complexity index is 778. The van der Waals surface area contributed by atoms with Crippen LogP contribution in [0.1, 0.15) is 11.6 Å². The normalized spacial score (nSPS) is 14.4.